The van der Waals surface area contributed by atoms with Crippen LogP contribution in [-0.2, 0) is 10.0 Å². The Morgan fingerprint density at radius 2 is 1.72 bits per heavy atom. The SMILES string of the molecule is O=S(=O)(NCCOc1ccc2nnc(-c3ccccc3)n2n1)c1ccccc1F. The molecule has 0 saturated carbocycles. The van der Waals surface area contributed by atoms with E-state index in [0.717, 1.165) is 11.6 Å². The van der Waals surface area contributed by atoms with E-state index in [0.29, 0.717) is 11.5 Å². The lowest BCUT2D eigenvalue weighted by Gasteiger charge is -2.09. The number of hydrogen-bond donors (Lipinski definition) is 1. The summed E-state index contributed by atoms with van der Waals surface area (Å²) in [5, 5.41) is 12.6. The molecule has 4 aromatic rings. The van der Waals surface area contributed by atoms with E-state index in [2.05, 4.69) is 20.0 Å². The normalized spacial score (nSPS) is 11.6. The van der Waals surface area contributed by atoms with Crippen LogP contribution < -0.4 is 9.46 Å². The Balaban J connectivity index is 1.43. The smallest absolute Gasteiger partial charge is 0.243 e. The maximum atomic E-state index is 13.7. The van der Waals surface area contributed by atoms with Crippen LogP contribution in [0.4, 0.5) is 4.39 Å². The quantitative estimate of drug-likeness (QED) is 0.467. The fraction of sp³-hybridized carbons (Fsp3) is 0.105. The molecular weight excluding hydrogens is 397 g/mol. The Morgan fingerprint density at radius 3 is 2.52 bits per heavy atom. The summed E-state index contributed by atoms with van der Waals surface area (Å²) < 4.78 is 47.4. The number of fused-ring (bicyclic) bond motifs is 1. The molecule has 0 unspecified atom stereocenters. The molecule has 148 valence electrons. The van der Waals surface area contributed by atoms with Gasteiger partial charge in [0.2, 0.25) is 15.9 Å². The molecular formula is C19H16FN5O3S. The summed E-state index contributed by atoms with van der Waals surface area (Å²) in [4.78, 5) is -0.406. The van der Waals surface area contributed by atoms with Crippen LogP contribution in [0.1, 0.15) is 0 Å². The van der Waals surface area contributed by atoms with Gasteiger partial charge in [-0.15, -0.1) is 15.3 Å². The summed E-state index contributed by atoms with van der Waals surface area (Å²) in [6.45, 7) is -0.0426. The van der Waals surface area contributed by atoms with Crippen LogP contribution in [0.15, 0.2) is 71.6 Å². The van der Waals surface area contributed by atoms with Crippen molar-refractivity contribution in [2.24, 2.45) is 0 Å². The second kappa shape index (κ2) is 7.94. The van der Waals surface area contributed by atoms with Crippen molar-refractivity contribution in [1.29, 1.82) is 0 Å². The summed E-state index contributed by atoms with van der Waals surface area (Å²) in [7, 11) is -3.96. The molecule has 0 radical (unpaired) electrons. The second-order valence-electron chi connectivity index (χ2n) is 6.01. The fourth-order valence-electron chi connectivity index (χ4n) is 2.69. The topological polar surface area (TPSA) is 98.5 Å². The molecule has 0 aliphatic carbocycles. The molecule has 0 aliphatic rings. The number of nitrogens with one attached hydrogen (secondary N) is 1. The zero-order chi connectivity index (χ0) is 20.3. The number of benzene rings is 2. The Bertz CT molecular complexity index is 1250. The molecule has 1 N–H and O–H groups in total. The Morgan fingerprint density at radius 1 is 0.966 bits per heavy atom. The van der Waals surface area contributed by atoms with Crippen molar-refractivity contribution in [3.8, 4) is 17.3 Å². The van der Waals surface area contributed by atoms with Gasteiger partial charge in [-0.25, -0.2) is 17.5 Å². The minimum Gasteiger partial charge on any atom is -0.475 e. The number of ether oxygens (including phenoxy) is 1. The lowest BCUT2D eigenvalue weighted by Crippen LogP contribution is -2.29. The molecule has 0 spiro atoms. The lowest BCUT2D eigenvalue weighted by molar-refractivity contribution is 0.306. The third-order valence-electron chi connectivity index (χ3n) is 4.04. The van der Waals surface area contributed by atoms with Crippen LogP contribution in [0.5, 0.6) is 5.88 Å². The van der Waals surface area contributed by atoms with E-state index in [1.54, 1.807) is 16.6 Å². The number of hydrogen-bond acceptors (Lipinski definition) is 6. The second-order valence-corrected chi connectivity index (χ2v) is 7.74. The van der Waals surface area contributed by atoms with Gasteiger partial charge in [-0.05, 0) is 18.2 Å². The minimum atomic E-state index is -3.96. The Kier molecular flexibility index (Phi) is 5.19. The van der Waals surface area contributed by atoms with Gasteiger partial charge in [0.1, 0.15) is 17.3 Å². The summed E-state index contributed by atoms with van der Waals surface area (Å²) in [5.74, 6) is 0.0277. The van der Waals surface area contributed by atoms with E-state index in [9.17, 15) is 12.8 Å². The summed E-state index contributed by atoms with van der Waals surface area (Å²) in [6, 6.07) is 17.9. The van der Waals surface area contributed by atoms with Crippen LogP contribution in [0.3, 0.4) is 0 Å². The molecule has 0 fully saturated rings. The molecule has 8 nitrogen and oxygen atoms in total. The molecule has 10 heteroatoms. The van der Waals surface area contributed by atoms with Crippen molar-refractivity contribution in [2.75, 3.05) is 13.2 Å². The van der Waals surface area contributed by atoms with Gasteiger partial charge in [0, 0.05) is 18.2 Å². The third-order valence-corrected chi connectivity index (χ3v) is 5.53. The average Bonchev–Trinajstić information content (AvgIpc) is 3.15. The van der Waals surface area contributed by atoms with Gasteiger partial charge in [0.05, 0.1) is 0 Å². The number of aromatic nitrogens is 4. The maximum absolute atomic E-state index is 13.7. The van der Waals surface area contributed by atoms with Crippen LogP contribution in [-0.4, -0.2) is 41.4 Å². The van der Waals surface area contributed by atoms with Crippen LogP contribution >= 0.6 is 0 Å². The predicted molar refractivity (Wildman–Crippen MR) is 103 cm³/mol. The summed E-state index contributed by atoms with van der Waals surface area (Å²) >= 11 is 0. The highest BCUT2D eigenvalue weighted by Crippen LogP contribution is 2.18. The van der Waals surface area contributed by atoms with Gasteiger partial charge in [0.25, 0.3) is 0 Å². The number of halogens is 1. The van der Waals surface area contributed by atoms with Gasteiger partial charge >= 0.3 is 0 Å². The van der Waals surface area contributed by atoms with E-state index in [-0.39, 0.29) is 19.0 Å². The molecule has 0 aliphatic heterocycles. The third kappa shape index (κ3) is 4.08. The van der Waals surface area contributed by atoms with E-state index in [1.165, 1.54) is 18.2 Å². The fourth-order valence-corrected chi connectivity index (χ4v) is 3.78. The van der Waals surface area contributed by atoms with Crippen LogP contribution in [0, 0.1) is 5.82 Å². The first kappa shape index (κ1) is 19.0. The monoisotopic (exact) mass is 413 g/mol. The molecule has 2 aromatic carbocycles. The largest absolute Gasteiger partial charge is 0.475 e. The van der Waals surface area contributed by atoms with Crippen molar-refractivity contribution >= 4 is 15.7 Å². The molecule has 29 heavy (non-hydrogen) atoms. The van der Waals surface area contributed by atoms with E-state index in [1.807, 2.05) is 30.3 Å². The van der Waals surface area contributed by atoms with Gasteiger partial charge in [-0.3, -0.25) is 0 Å². The summed E-state index contributed by atoms with van der Waals surface area (Å²) in [6.07, 6.45) is 0. The minimum absolute atomic E-state index is 0.00891. The van der Waals surface area contributed by atoms with E-state index < -0.39 is 20.7 Å². The zero-order valence-corrected chi connectivity index (χ0v) is 15.9. The number of nitrogens with zero attached hydrogens (tertiary/aromatic N) is 4. The first-order chi connectivity index (χ1) is 14.0. The lowest BCUT2D eigenvalue weighted by atomic mass is 10.2. The first-order valence-corrected chi connectivity index (χ1v) is 10.2. The molecule has 2 aromatic heterocycles. The summed E-state index contributed by atoms with van der Waals surface area (Å²) in [5.41, 5.74) is 1.40. The molecule has 4 rings (SSSR count). The molecule has 2 heterocycles. The standard InChI is InChI=1S/C19H16FN5O3S/c20-15-8-4-5-9-16(15)29(26,27)21-12-13-28-18-11-10-17-22-23-19(25(17)24-18)14-6-2-1-3-7-14/h1-11,21H,12-13H2. The average molecular weight is 413 g/mol. The molecule has 0 atom stereocenters. The Labute approximate surface area is 166 Å². The highest BCUT2D eigenvalue weighted by molar-refractivity contribution is 7.89. The Hall–Kier alpha value is -3.37. The number of sulfonamides is 1. The van der Waals surface area contributed by atoms with Gasteiger partial charge in [-0.2, -0.15) is 4.52 Å². The van der Waals surface area contributed by atoms with E-state index >= 15 is 0 Å². The van der Waals surface area contributed by atoms with Crippen LogP contribution in [0.2, 0.25) is 0 Å². The first-order valence-electron chi connectivity index (χ1n) is 8.69. The van der Waals surface area contributed by atoms with Crippen LogP contribution in [0.25, 0.3) is 17.0 Å². The highest BCUT2D eigenvalue weighted by atomic mass is 32.2. The molecule has 0 saturated heterocycles. The van der Waals surface area contributed by atoms with Gasteiger partial charge < -0.3 is 4.74 Å². The molecule has 0 amide bonds. The van der Waals surface area contributed by atoms with Crippen molar-refractivity contribution in [1.82, 2.24) is 24.5 Å². The van der Waals surface area contributed by atoms with Crippen molar-refractivity contribution in [2.45, 2.75) is 4.90 Å². The van der Waals surface area contributed by atoms with Gasteiger partial charge in [-0.1, -0.05) is 42.5 Å². The molecule has 0 bridgehead atoms. The predicted octanol–water partition coefficient (Wildman–Crippen LogP) is 2.29. The zero-order valence-electron chi connectivity index (χ0n) is 15.1. The van der Waals surface area contributed by atoms with Crippen molar-refractivity contribution in [3.63, 3.8) is 0 Å². The van der Waals surface area contributed by atoms with Crippen molar-refractivity contribution < 1.29 is 17.5 Å². The maximum Gasteiger partial charge on any atom is 0.243 e. The van der Waals surface area contributed by atoms with Gasteiger partial charge in [0.15, 0.2) is 11.5 Å². The van der Waals surface area contributed by atoms with Crippen molar-refractivity contribution in [3.05, 3.63) is 72.5 Å². The number of rotatable bonds is 7. The highest BCUT2D eigenvalue weighted by Gasteiger charge is 2.17. The van der Waals surface area contributed by atoms with E-state index in [4.69, 9.17) is 4.74 Å².